The van der Waals surface area contributed by atoms with Gasteiger partial charge in [0.2, 0.25) is 5.88 Å². The molecule has 0 unspecified atom stereocenters. The predicted molar refractivity (Wildman–Crippen MR) is 69.7 cm³/mol. The van der Waals surface area contributed by atoms with Crippen molar-refractivity contribution in [2.75, 3.05) is 20.2 Å². The highest BCUT2D eigenvalue weighted by Crippen LogP contribution is 2.21. The van der Waals surface area contributed by atoms with Gasteiger partial charge in [0, 0.05) is 11.9 Å². The van der Waals surface area contributed by atoms with Gasteiger partial charge in [-0.1, -0.05) is 18.2 Å². The lowest BCUT2D eigenvalue weighted by atomic mass is 10.1. The third kappa shape index (κ3) is 2.57. The summed E-state index contributed by atoms with van der Waals surface area (Å²) < 4.78 is 5.47. The number of aromatic nitrogens is 1. The molecule has 94 valence electrons. The summed E-state index contributed by atoms with van der Waals surface area (Å²) >= 11 is 0. The molecular formula is C13H15N3O2. The van der Waals surface area contributed by atoms with E-state index in [9.17, 15) is 4.79 Å². The number of nitrogens with two attached hydrogens (primary N) is 1. The van der Waals surface area contributed by atoms with E-state index in [1.165, 1.54) is 0 Å². The Morgan fingerprint density at radius 2 is 2.22 bits per heavy atom. The summed E-state index contributed by atoms with van der Waals surface area (Å²) in [5.74, 6) is -0.246. The van der Waals surface area contributed by atoms with Crippen molar-refractivity contribution in [2.45, 2.75) is 0 Å². The molecule has 0 aliphatic carbocycles. The molecular weight excluding hydrogens is 230 g/mol. The minimum Gasteiger partial charge on any atom is -0.476 e. The number of pyridine rings is 1. The summed E-state index contributed by atoms with van der Waals surface area (Å²) in [6.07, 6.45) is 0. The van der Waals surface area contributed by atoms with E-state index in [4.69, 9.17) is 10.5 Å². The highest BCUT2D eigenvalue weighted by atomic mass is 16.5. The number of carbonyl (C=O) groups is 1. The van der Waals surface area contributed by atoms with E-state index in [1.807, 2.05) is 31.3 Å². The van der Waals surface area contributed by atoms with Crippen LogP contribution in [-0.2, 0) is 0 Å². The molecule has 0 atom stereocenters. The Balaban J connectivity index is 2.41. The lowest BCUT2D eigenvalue weighted by molar-refractivity contribution is 0.0996. The van der Waals surface area contributed by atoms with Gasteiger partial charge in [0.1, 0.15) is 12.2 Å². The molecule has 2 aromatic rings. The van der Waals surface area contributed by atoms with Gasteiger partial charge in [-0.25, -0.2) is 4.98 Å². The third-order valence-corrected chi connectivity index (χ3v) is 2.55. The van der Waals surface area contributed by atoms with Crippen LogP contribution in [0.4, 0.5) is 0 Å². The van der Waals surface area contributed by atoms with Crippen molar-refractivity contribution in [3.63, 3.8) is 0 Å². The van der Waals surface area contributed by atoms with Crippen LogP contribution in [0.3, 0.4) is 0 Å². The zero-order valence-corrected chi connectivity index (χ0v) is 10.1. The predicted octanol–water partition coefficient (Wildman–Crippen LogP) is 0.932. The molecule has 1 heterocycles. The SMILES string of the molecule is CNCCOc1nc2ccccc2cc1C(N)=O. The van der Waals surface area contributed by atoms with E-state index in [0.29, 0.717) is 18.7 Å². The summed E-state index contributed by atoms with van der Waals surface area (Å²) in [6.45, 7) is 1.11. The zero-order chi connectivity index (χ0) is 13.0. The monoisotopic (exact) mass is 245 g/mol. The van der Waals surface area contributed by atoms with E-state index in [1.54, 1.807) is 6.07 Å². The van der Waals surface area contributed by atoms with Gasteiger partial charge in [-0.3, -0.25) is 4.79 Å². The van der Waals surface area contributed by atoms with Crippen LogP contribution in [0.25, 0.3) is 10.9 Å². The molecule has 0 bridgehead atoms. The number of para-hydroxylation sites is 1. The van der Waals surface area contributed by atoms with Crippen LogP contribution in [0.2, 0.25) is 0 Å². The maximum absolute atomic E-state index is 11.4. The first-order chi connectivity index (χ1) is 8.72. The number of nitrogens with zero attached hydrogens (tertiary/aromatic N) is 1. The Morgan fingerprint density at radius 1 is 1.44 bits per heavy atom. The van der Waals surface area contributed by atoms with Crippen LogP contribution >= 0.6 is 0 Å². The van der Waals surface area contributed by atoms with Gasteiger partial charge >= 0.3 is 0 Å². The first kappa shape index (κ1) is 12.3. The minimum absolute atomic E-state index is 0.288. The highest BCUT2D eigenvalue weighted by molar-refractivity contribution is 5.98. The first-order valence-electron chi connectivity index (χ1n) is 5.69. The summed E-state index contributed by atoms with van der Waals surface area (Å²) in [5, 5.41) is 3.82. The number of likely N-dealkylation sites (N-methyl/N-ethyl adjacent to an activating group) is 1. The summed E-state index contributed by atoms with van der Waals surface area (Å²) in [6, 6.07) is 9.23. The fraction of sp³-hybridized carbons (Fsp3) is 0.231. The molecule has 1 aromatic carbocycles. The fourth-order valence-corrected chi connectivity index (χ4v) is 1.63. The second kappa shape index (κ2) is 5.46. The van der Waals surface area contributed by atoms with Gasteiger partial charge in [0.05, 0.1) is 5.52 Å². The molecule has 18 heavy (non-hydrogen) atoms. The van der Waals surface area contributed by atoms with E-state index >= 15 is 0 Å². The Kier molecular flexibility index (Phi) is 3.74. The molecule has 1 amide bonds. The fourth-order valence-electron chi connectivity index (χ4n) is 1.63. The summed E-state index contributed by atoms with van der Waals surface area (Å²) in [7, 11) is 1.83. The topological polar surface area (TPSA) is 77.2 Å². The largest absolute Gasteiger partial charge is 0.476 e. The molecule has 1 aromatic heterocycles. The number of ether oxygens (including phenoxy) is 1. The van der Waals surface area contributed by atoms with Crippen molar-refractivity contribution in [1.82, 2.24) is 10.3 Å². The number of benzene rings is 1. The minimum atomic E-state index is -0.535. The van der Waals surface area contributed by atoms with E-state index in [2.05, 4.69) is 10.3 Å². The molecule has 0 aliphatic rings. The molecule has 0 radical (unpaired) electrons. The molecule has 3 N–H and O–H groups in total. The molecule has 2 rings (SSSR count). The van der Waals surface area contributed by atoms with E-state index in [-0.39, 0.29) is 5.88 Å². The normalized spacial score (nSPS) is 10.5. The van der Waals surface area contributed by atoms with Crippen LogP contribution in [0.1, 0.15) is 10.4 Å². The molecule has 0 fully saturated rings. The number of nitrogens with one attached hydrogen (secondary N) is 1. The van der Waals surface area contributed by atoms with Crippen molar-refractivity contribution in [1.29, 1.82) is 0 Å². The summed E-state index contributed by atoms with van der Waals surface area (Å²) in [5.41, 5.74) is 6.42. The maximum atomic E-state index is 11.4. The Bertz CT molecular complexity index is 569. The number of carbonyl (C=O) groups excluding carboxylic acids is 1. The average Bonchev–Trinajstić information content (AvgIpc) is 2.38. The van der Waals surface area contributed by atoms with E-state index in [0.717, 1.165) is 10.9 Å². The highest BCUT2D eigenvalue weighted by Gasteiger charge is 2.12. The quantitative estimate of drug-likeness (QED) is 0.768. The molecule has 0 spiro atoms. The van der Waals surface area contributed by atoms with Gasteiger partial charge in [-0.15, -0.1) is 0 Å². The van der Waals surface area contributed by atoms with Crippen molar-refractivity contribution in [3.8, 4) is 5.88 Å². The van der Waals surface area contributed by atoms with Crippen molar-refractivity contribution in [2.24, 2.45) is 5.73 Å². The number of fused-ring (bicyclic) bond motifs is 1. The first-order valence-corrected chi connectivity index (χ1v) is 5.69. The van der Waals surface area contributed by atoms with Gasteiger partial charge in [-0.05, 0) is 19.2 Å². The summed E-state index contributed by atoms with van der Waals surface area (Å²) in [4.78, 5) is 15.7. The van der Waals surface area contributed by atoms with Crippen LogP contribution in [0.5, 0.6) is 5.88 Å². The smallest absolute Gasteiger partial charge is 0.254 e. The lowest BCUT2D eigenvalue weighted by Gasteiger charge is -2.09. The molecule has 0 saturated carbocycles. The van der Waals surface area contributed by atoms with Crippen molar-refractivity contribution in [3.05, 3.63) is 35.9 Å². The van der Waals surface area contributed by atoms with E-state index < -0.39 is 5.91 Å². The Labute approximate surface area is 105 Å². The van der Waals surface area contributed by atoms with Gasteiger partial charge in [0.15, 0.2) is 0 Å². The molecule has 0 saturated heterocycles. The Hall–Kier alpha value is -2.14. The number of amides is 1. The average molecular weight is 245 g/mol. The van der Waals surface area contributed by atoms with Gasteiger partial charge < -0.3 is 15.8 Å². The Morgan fingerprint density at radius 3 is 2.94 bits per heavy atom. The number of hydrogen-bond donors (Lipinski definition) is 2. The van der Waals surface area contributed by atoms with Crippen LogP contribution in [0.15, 0.2) is 30.3 Å². The van der Waals surface area contributed by atoms with Gasteiger partial charge in [-0.2, -0.15) is 0 Å². The molecule has 5 heteroatoms. The number of rotatable bonds is 5. The molecule has 0 aliphatic heterocycles. The standard InChI is InChI=1S/C13H15N3O2/c1-15-6-7-18-13-10(12(14)17)8-9-4-2-3-5-11(9)16-13/h2-5,8,15H,6-7H2,1H3,(H2,14,17). The number of primary amides is 1. The zero-order valence-electron chi connectivity index (χ0n) is 10.1. The second-order valence-electron chi connectivity index (χ2n) is 3.85. The number of hydrogen-bond acceptors (Lipinski definition) is 4. The van der Waals surface area contributed by atoms with Crippen LogP contribution in [-0.4, -0.2) is 31.1 Å². The molecule has 5 nitrogen and oxygen atoms in total. The lowest BCUT2D eigenvalue weighted by Crippen LogP contribution is -2.19. The third-order valence-electron chi connectivity index (χ3n) is 2.55. The van der Waals surface area contributed by atoms with Gasteiger partial charge in [0.25, 0.3) is 5.91 Å². The van der Waals surface area contributed by atoms with Crippen molar-refractivity contribution >= 4 is 16.8 Å². The van der Waals surface area contributed by atoms with Crippen LogP contribution in [0, 0.1) is 0 Å². The van der Waals surface area contributed by atoms with Crippen LogP contribution < -0.4 is 15.8 Å². The second-order valence-corrected chi connectivity index (χ2v) is 3.85. The maximum Gasteiger partial charge on any atom is 0.254 e. The van der Waals surface area contributed by atoms with Crippen molar-refractivity contribution < 1.29 is 9.53 Å².